The van der Waals surface area contributed by atoms with E-state index in [2.05, 4.69) is 0 Å². The van der Waals surface area contributed by atoms with E-state index in [-0.39, 0.29) is 4.92 Å². The normalized spacial score (nSPS) is 28.3. The number of hydrogen-bond donors (Lipinski definition) is 0. The van der Waals surface area contributed by atoms with Gasteiger partial charge in [-0.3, -0.25) is 10.1 Å². The Kier molecular flexibility index (Phi) is 3.03. The maximum atomic E-state index is 11.6. The van der Waals surface area contributed by atoms with E-state index in [0.29, 0.717) is 12.8 Å². The van der Waals surface area contributed by atoms with Gasteiger partial charge in [-0.25, -0.2) is 0 Å². The number of benzene rings is 1. The summed E-state index contributed by atoms with van der Waals surface area (Å²) in [7, 11) is 1.57. The lowest BCUT2D eigenvalue weighted by Crippen LogP contribution is -2.41. The molecule has 2 aliphatic rings. The average molecular weight is 263 g/mol. The van der Waals surface area contributed by atoms with Crippen LogP contribution in [0, 0.1) is 10.1 Å². The lowest BCUT2D eigenvalue weighted by Gasteiger charge is -2.26. The van der Waals surface area contributed by atoms with Crippen LogP contribution in [0.4, 0.5) is 0 Å². The first-order chi connectivity index (χ1) is 9.19. The molecule has 1 heterocycles. The van der Waals surface area contributed by atoms with Crippen molar-refractivity contribution < 1.29 is 14.4 Å². The van der Waals surface area contributed by atoms with Gasteiger partial charge in [0.2, 0.25) is 0 Å². The summed E-state index contributed by atoms with van der Waals surface area (Å²) in [5.41, 5.74) is 0.847. The minimum absolute atomic E-state index is 0.139. The molecule has 0 radical (unpaired) electrons. The topological polar surface area (TPSA) is 61.6 Å². The molecule has 1 saturated carbocycles. The van der Waals surface area contributed by atoms with Crippen LogP contribution >= 0.6 is 0 Å². The van der Waals surface area contributed by atoms with E-state index in [4.69, 9.17) is 9.47 Å². The lowest BCUT2D eigenvalue weighted by atomic mass is 9.86. The summed E-state index contributed by atoms with van der Waals surface area (Å²) < 4.78 is 11.2. The van der Waals surface area contributed by atoms with Gasteiger partial charge < -0.3 is 9.47 Å². The molecular weight excluding hydrogens is 246 g/mol. The number of nitrogens with zero attached hydrogens (tertiary/aromatic N) is 1. The van der Waals surface area contributed by atoms with Crippen molar-refractivity contribution in [3.63, 3.8) is 0 Å². The molecule has 1 aliphatic carbocycles. The molecule has 0 aromatic heterocycles. The fourth-order valence-electron chi connectivity index (χ4n) is 3.36. The Hall–Kier alpha value is -1.46. The maximum absolute atomic E-state index is 11.6. The number of nitro groups is 1. The molecule has 102 valence electrons. The highest BCUT2D eigenvalue weighted by atomic mass is 16.7. The maximum Gasteiger partial charge on any atom is 0.252 e. The van der Waals surface area contributed by atoms with Gasteiger partial charge >= 0.3 is 0 Å². The minimum Gasteiger partial charge on any atom is -0.352 e. The van der Waals surface area contributed by atoms with Crippen molar-refractivity contribution in [3.05, 3.63) is 45.5 Å². The molecule has 0 amide bonds. The third-order valence-corrected chi connectivity index (χ3v) is 4.33. The minimum atomic E-state index is -0.983. The SMILES string of the molecule is COC1OC(C2([N+](=O)[O-])CCCC2)c2ccccc21. The molecular formula is C14H17NO4. The second kappa shape index (κ2) is 4.58. The third-order valence-electron chi connectivity index (χ3n) is 4.33. The molecule has 2 atom stereocenters. The zero-order chi connectivity index (χ0) is 13.5. The fourth-order valence-corrected chi connectivity index (χ4v) is 3.36. The van der Waals surface area contributed by atoms with E-state index in [9.17, 15) is 10.1 Å². The Morgan fingerprint density at radius 1 is 1.32 bits per heavy atom. The van der Waals surface area contributed by atoms with Crippen LogP contribution in [0.15, 0.2) is 24.3 Å². The molecule has 1 fully saturated rings. The van der Waals surface area contributed by atoms with Gasteiger partial charge in [0.05, 0.1) is 0 Å². The summed E-state index contributed by atoms with van der Waals surface area (Å²) in [5, 5.41) is 11.6. The summed E-state index contributed by atoms with van der Waals surface area (Å²) in [6.45, 7) is 0. The van der Waals surface area contributed by atoms with Crippen LogP contribution in [0.1, 0.15) is 49.2 Å². The second-order valence-electron chi connectivity index (χ2n) is 5.28. The van der Waals surface area contributed by atoms with Crippen molar-refractivity contribution in [1.82, 2.24) is 0 Å². The molecule has 0 saturated heterocycles. The molecule has 3 rings (SSSR count). The Labute approximate surface area is 111 Å². The van der Waals surface area contributed by atoms with Crippen LogP contribution in [-0.2, 0) is 9.47 Å². The second-order valence-corrected chi connectivity index (χ2v) is 5.28. The number of methoxy groups -OCH3 is 1. The van der Waals surface area contributed by atoms with Gasteiger partial charge in [-0.2, -0.15) is 0 Å². The van der Waals surface area contributed by atoms with Gasteiger partial charge in [0, 0.05) is 30.4 Å². The van der Waals surface area contributed by atoms with Crippen molar-refractivity contribution in [1.29, 1.82) is 0 Å². The Morgan fingerprint density at radius 2 is 1.95 bits per heavy atom. The predicted octanol–water partition coefficient (Wildman–Crippen LogP) is 2.99. The summed E-state index contributed by atoms with van der Waals surface area (Å²) >= 11 is 0. The van der Waals surface area contributed by atoms with E-state index in [1.54, 1.807) is 7.11 Å². The summed E-state index contributed by atoms with van der Waals surface area (Å²) in [6, 6.07) is 7.65. The van der Waals surface area contributed by atoms with Crippen LogP contribution in [-0.4, -0.2) is 17.6 Å². The molecule has 5 nitrogen and oxygen atoms in total. The first-order valence-corrected chi connectivity index (χ1v) is 6.60. The summed E-state index contributed by atoms with van der Waals surface area (Å²) in [6.07, 6.45) is 1.95. The van der Waals surface area contributed by atoms with E-state index >= 15 is 0 Å². The molecule has 0 N–H and O–H groups in total. The van der Waals surface area contributed by atoms with Crippen LogP contribution in [0.5, 0.6) is 0 Å². The van der Waals surface area contributed by atoms with Crippen molar-refractivity contribution >= 4 is 0 Å². The van der Waals surface area contributed by atoms with Gasteiger partial charge in [0.15, 0.2) is 12.4 Å². The van der Waals surface area contributed by atoms with Crippen molar-refractivity contribution in [2.75, 3.05) is 7.11 Å². The van der Waals surface area contributed by atoms with E-state index < -0.39 is 17.9 Å². The molecule has 19 heavy (non-hydrogen) atoms. The third kappa shape index (κ3) is 1.76. The molecule has 2 unspecified atom stereocenters. The van der Waals surface area contributed by atoms with Gasteiger partial charge in [0.1, 0.15) is 0 Å². The molecule has 1 aromatic carbocycles. The molecule has 0 bridgehead atoms. The molecule has 5 heteroatoms. The van der Waals surface area contributed by atoms with Gasteiger partial charge in [-0.05, 0) is 18.4 Å². The largest absolute Gasteiger partial charge is 0.352 e. The zero-order valence-electron chi connectivity index (χ0n) is 10.9. The lowest BCUT2D eigenvalue weighted by molar-refractivity contribution is -0.585. The number of rotatable bonds is 3. The molecule has 0 spiro atoms. The quantitative estimate of drug-likeness (QED) is 0.621. The Bertz CT molecular complexity index is 496. The highest BCUT2D eigenvalue weighted by Crippen LogP contribution is 2.51. The molecule has 1 aliphatic heterocycles. The standard InChI is InChI=1S/C14H17NO4/c1-18-13-11-7-3-2-6-10(11)12(19-13)14(15(16)17)8-4-5-9-14/h2-3,6-7,12-13H,4-5,8-9H2,1H3. The first kappa shape index (κ1) is 12.6. The van der Waals surface area contributed by atoms with Crippen LogP contribution in [0.3, 0.4) is 0 Å². The van der Waals surface area contributed by atoms with Crippen molar-refractivity contribution in [3.8, 4) is 0 Å². The summed E-state index contributed by atoms with van der Waals surface area (Å²) in [4.78, 5) is 11.5. The van der Waals surface area contributed by atoms with Gasteiger partial charge in [-0.15, -0.1) is 0 Å². The van der Waals surface area contributed by atoms with E-state index in [1.807, 2.05) is 24.3 Å². The highest BCUT2D eigenvalue weighted by molar-refractivity contribution is 5.35. The van der Waals surface area contributed by atoms with E-state index in [1.165, 1.54) is 0 Å². The average Bonchev–Trinajstić information content (AvgIpc) is 3.03. The van der Waals surface area contributed by atoms with Crippen LogP contribution in [0.2, 0.25) is 0 Å². The van der Waals surface area contributed by atoms with Crippen molar-refractivity contribution in [2.45, 2.75) is 43.6 Å². The van der Waals surface area contributed by atoms with Gasteiger partial charge in [0.25, 0.3) is 5.54 Å². The molecule has 1 aromatic rings. The first-order valence-electron chi connectivity index (χ1n) is 6.60. The smallest absolute Gasteiger partial charge is 0.252 e. The number of fused-ring (bicyclic) bond motifs is 1. The predicted molar refractivity (Wildman–Crippen MR) is 68.2 cm³/mol. The van der Waals surface area contributed by atoms with Crippen LogP contribution < -0.4 is 0 Å². The monoisotopic (exact) mass is 263 g/mol. The highest BCUT2D eigenvalue weighted by Gasteiger charge is 2.57. The van der Waals surface area contributed by atoms with Gasteiger partial charge in [-0.1, -0.05) is 24.3 Å². The fraction of sp³-hybridized carbons (Fsp3) is 0.571. The van der Waals surface area contributed by atoms with Crippen molar-refractivity contribution in [2.24, 2.45) is 0 Å². The number of hydrogen-bond acceptors (Lipinski definition) is 4. The Balaban J connectivity index is 2.05. The Morgan fingerprint density at radius 3 is 2.53 bits per heavy atom. The zero-order valence-corrected chi connectivity index (χ0v) is 10.9. The number of ether oxygens (including phenoxy) is 2. The summed E-state index contributed by atoms with van der Waals surface area (Å²) in [5.74, 6) is 0. The van der Waals surface area contributed by atoms with Crippen LogP contribution in [0.25, 0.3) is 0 Å². The van der Waals surface area contributed by atoms with E-state index in [0.717, 1.165) is 24.0 Å².